The third-order valence-electron chi connectivity index (χ3n) is 3.63. The molecule has 0 bridgehead atoms. The zero-order valence-corrected chi connectivity index (χ0v) is 7.64. The normalized spacial score (nSPS) is 32.5. The Balaban J connectivity index is 2.77. The van der Waals surface area contributed by atoms with Gasteiger partial charge in [0, 0.05) is 0 Å². The molecule has 1 N–H and O–H groups in total. The molecule has 11 heavy (non-hydrogen) atoms. The second kappa shape index (κ2) is 1.99. The van der Waals surface area contributed by atoms with Crippen molar-refractivity contribution in [1.82, 2.24) is 0 Å². The van der Waals surface area contributed by atoms with E-state index in [9.17, 15) is 4.79 Å². The smallest absolute Gasteiger partial charge is 0.307 e. The molecule has 1 rings (SSSR count). The maximum Gasteiger partial charge on any atom is 0.307 e. The van der Waals surface area contributed by atoms with Crippen LogP contribution in [-0.4, -0.2) is 11.1 Å². The van der Waals surface area contributed by atoms with Crippen molar-refractivity contribution < 1.29 is 9.90 Å². The van der Waals surface area contributed by atoms with Gasteiger partial charge < -0.3 is 5.11 Å². The molecule has 0 spiro atoms. The van der Waals surface area contributed by atoms with Crippen molar-refractivity contribution in [2.75, 3.05) is 0 Å². The maximum atomic E-state index is 10.7. The van der Waals surface area contributed by atoms with Crippen molar-refractivity contribution in [3.8, 4) is 0 Å². The molecule has 1 aliphatic carbocycles. The third-order valence-corrected chi connectivity index (χ3v) is 3.63. The van der Waals surface area contributed by atoms with Crippen LogP contribution in [0.3, 0.4) is 0 Å². The largest absolute Gasteiger partial charge is 0.481 e. The number of hydrogen-bond donors (Lipinski definition) is 1. The highest BCUT2D eigenvalue weighted by molar-refractivity contribution is 5.72. The highest BCUT2D eigenvalue weighted by atomic mass is 16.4. The van der Waals surface area contributed by atoms with Crippen LogP contribution in [0.2, 0.25) is 0 Å². The van der Waals surface area contributed by atoms with E-state index >= 15 is 0 Å². The van der Waals surface area contributed by atoms with E-state index in [-0.39, 0.29) is 16.7 Å². The SMILES string of the molecule is CC1(C)CC(C(=O)O)C1(C)C. The Morgan fingerprint density at radius 1 is 1.36 bits per heavy atom. The van der Waals surface area contributed by atoms with Crippen molar-refractivity contribution in [3.05, 3.63) is 0 Å². The summed E-state index contributed by atoms with van der Waals surface area (Å²) in [5.74, 6) is -0.785. The quantitative estimate of drug-likeness (QED) is 0.631. The molecule has 1 saturated carbocycles. The number of rotatable bonds is 1. The van der Waals surface area contributed by atoms with E-state index in [2.05, 4.69) is 13.8 Å². The Hall–Kier alpha value is -0.530. The summed E-state index contributed by atoms with van der Waals surface area (Å²) in [5, 5.41) is 8.80. The van der Waals surface area contributed by atoms with Crippen molar-refractivity contribution >= 4 is 5.97 Å². The number of aliphatic carboxylic acids is 1. The van der Waals surface area contributed by atoms with E-state index in [1.807, 2.05) is 13.8 Å². The molecular formula is C9H16O2. The van der Waals surface area contributed by atoms with Gasteiger partial charge in [0.25, 0.3) is 0 Å². The lowest BCUT2D eigenvalue weighted by atomic mass is 9.47. The molecule has 0 heterocycles. The standard InChI is InChI=1S/C9H16O2/c1-8(2)5-6(7(10)11)9(8,3)4/h6H,5H2,1-4H3,(H,10,11). The van der Waals surface area contributed by atoms with E-state index in [1.54, 1.807) is 0 Å². The van der Waals surface area contributed by atoms with Gasteiger partial charge in [0.1, 0.15) is 0 Å². The molecule has 1 unspecified atom stereocenters. The molecule has 1 atom stereocenters. The Morgan fingerprint density at radius 3 is 1.91 bits per heavy atom. The Kier molecular flexibility index (Phi) is 1.55. The molecule has 0 aliphatic heterocycles. The first kappa shape index (κ1) is 8.57. The minimum atomic E-state index is -0.644. The number of carboxylic acid groups (broad SMARTS) is 1. The van der Waals surface area contributed by atoms with Crippen molar-refractivity contribution in [1.29, 1.82) is 0 Å². The third kappa shape index (κ3) is 0.959. The molecule has 64 valence electrons. The van der Waals surface area contributed by atoms with E-state index in [0.29, 0.717) is 0 Å². The predicted octanol–water partition coefficient (Wildman–Crippen LogP) is 2.14. The molecule has 0 aromatic rings. The Labute approximate surface area is 67.6 Å². The summed E-state index contributed by atoms with van der Waals surface area (Å²) in [5.41, 5.74) is 0.148. The summed E-state index contributed by atoms with van der Waals surface area (Å²) in [6.07, 6.45) is 0.815. The highest BCUT2D eigenvalue weighted by Crippen LogP contribution is 2.59. The van der Waals surface area contributed by atoms with Crippen molar-refractivity contribution in [3.63, 3.8) is 0 Å². The van der Waals surface area contributed by atoms with Gasteiger partial charge in [-0.2, -0.15) is 0 Å². The van der Waals surface area contributed by atoms with Crippen LogP contribution in [-0.2, 0) is 4.79 Å². The number of carboxylic acids is 1. The van der Waals surface area contributed by atoms with Gasteiger partial charge in [-0.05, 0) is 17.3 Å². The lowest BCUT2D eigenvalue weighted by Gasteiger charge is -2.56. The van der Waals surface area contributed by atoms with Crippen LogP contribution in [0, 0.1) is 16.7 Å². The molecule has 0 aromatic heterocycles. The minimum absolute atomic E-state index is 0.0428. The van der Waals surface area contributed by atoms with Crippen LogP contribution < -0.4 is 0 Å². The molecule has 2 heteroatoms. The molecule has 1 aliphatic rings. The zero-order valence-electron chi connectivity index (χ0n) is 7.64. The van der Waals surface area contributed by atoms with Gasteiger partial charge in [0.15, 0.2) is 0 Å². The van der Waals surface area contributed by atoms with Gasteiger partial charge >= 0.3 is 5.97 Å². The first-order chi connectivity index (χ1) is 4.79. The van der Waals surface area contributed by atoms with Gasteiger partial charge in [-0.3, -0.25) is 4.79 Å². The monoisotopic (exact) mass is 156 g/mol. The fourth-order valence-corrected chi connectivity index (χ4v) is 1.77. The molecule has 2 nitrogen and oxygen atoms in total. The molecule has 1 fully saturated rings. The lowest BCUT2D eigenvalue weighted by molar-refractivity contribution is -0.170. The predicted molar refractivity (Wildman–Crippen MR) is 43.3 cm³/mol. The average molecular weight is 156 g/mol. The number of hydrogen-bond acceptors (Lipinski definition) is 1. The number of carbonyl (C=O) groups is 1. The molecule has 0 saturated heterocycles. The zero-order chi connectivity index (χ0) is 8.86. The fraction of sp³-hybridized carbons (Fsp3) is 0.889. The van der Waals surface area contributed by atoms with Gasteiger partial charge in [0.2, 0.25) is 0 Å². The van der Waals surface area contributed by atoms with Crippen LogP contribution in [0.5, 0.6) is 0 Å². The summed E-state index contributed by atoms with van der Waals surface area (Å²) in [4.78, 5) is 10.7. The summed E-state index contributed by atoms with van der Waals surface area (Å²) < 4.78 is 0. The van der Waals surface area contributed by atoms with Gasteiger partial charge in [-0.15, -0.1) is 0 Å². The molecule has 0 amide bonds. The minimum Gasteiger partial charge on any atom is -0.481 e. The fourth-order valence-electron chi connectivity index (χ4n) is 1.77. The van der Waals surface area contributed by atoms with Crippen LogP contribution in [0.25, 0.3) is 0 Å². The van der Waals surface area contributed by atoms with Crippen LogP contribution >= 0.6 is 0 Å². The summed E-state index contributed by atoms with van der Waals surface area (Å²) >= 11 is 0. The van der Waals surface area contributed by atoms with Crippen molar-refractivity contribution in [2.24, 2.45) is 16.7 Å². The highest BCUT2D eigenvalue weighted by Gasteiger charge is 2.57. The van der Waals surface area contributed by atoms with Gasteiger partial charge in [-0.25, -0.2) is 0 Å². The average Bonchev–Trinajstić information content (AvgIpc) is 1.82. The second-order valence-electron chi connectivity index (χ2n) is 4.70. The summed E-state index contributed by atoms with van der Waals surface area (Å²) in [6.45, 7) is 8.34. The van der Waals surface area contributed by atoms with Crippen molar-refractivity contribution in [2.45, 2.75) is 34.1 Å². The first-order valence-corrected chi connectivity index (χ1v) is 4.02. The van der Waals surface area contributed by atoms with Crippen LogP contribution in [0.15, 0.2) is 0 Å². The summed E-state index contributed by atoms with van der Waals surface area (Å²) in [6, 6.07) is 0. The first-order valence-electron chi connectivity index (χ1n) is 4.02. The topological polar surface area (TPSA) is 37.3 Å². The van der Waals surface area contributed by atoms with Crippen LogP contribution in [0.4, 0.5) is 0 Å². The molecule has 0 radical (unpaired) electrons. The van der Waals surface area contributed by atoms with E-state index in [0.717, 1.165) is 6.42 Å². The van der Waals surface area contributed by atoms with Gasteiger partial charge in [-0.1, -0.05) is 27.7 Å². The van der Waals surface area contributed by atoms with E-state index < -0.39 is 5.97 Å². The molecule has 0 aromatic carbocycles. The van der Waals surface area contributed by atoms with Gasteiger partial charge in [0.05, 0.1) is 5.92 Å². The van der Waals surface area contributed by atoms with E-state index in [4.69, 9.17) is 5.11 Å². The lowest BCUT2D eigenvalue weighted by Crippen LogP contribution is -2.54. The Morgan fingerprint density at radius 2 is 1.82 bits per heavy atom. The molecular weight excluding hydrogens is 140 g/mol. The maximum absolute atomic E-state index is 10.7. The van der Waals surface area contributed by atoms with Crippen LogP contribution in [0.1, 0.15) is 34.1 Å². The second-order valence-corrected chi connectivity index (χ2v) is 4.70. The van der Waals surface area contributed by atoms with E-state index in [1.165, 1.54) is 0 Å². The summed E-state index contributed by atoms with van der Waals surface area (Å²) in [7, 11) is 0. The Bertz CT molecular complexity index is 192.